The van der Waals surface area contributed by atoms with E-state index in [1.54, 1.807) is 6.20 Å². The molecule has 5 nitrogen and oxygen atoms in total. The molecule has 2 aromatic rings. The molecular formula is C16H22N4O. The number of nitrogens with zero attached hydrogens (tertiary/aromatic N) is 3. The zero-order valence-corrected chi connectivity index (χ0v) is 12.5. The summed E-state index contributed by atoms with van der Waals surface area (Å²) in [6, 6.07) is 4.02. The van der Waals surface area contributed by atoms with Crippen LogP contribution in [-0.2, 0) is 17.9 Å². The summed E-state index contributed by atoms with van der Waals surface area (Å²) in [4.78, 5) is 18.8. The summed E-state index contributed by atoms with van der Waals surface area (Å²) >= 11 is 0. The molecular weight excluding hydrogens is 264 g/mol. The van der Waals surface area contributed by atoms with Crippen LogP contribution < -0.4 is 5.32 Å². The monoisotopic (exact) mass is 286 g/mol. The highest BCUT2D eigenvalue weighted by Crippen LogP contribution is 2.20. The molecule has 21 heavy (non-hydrogen) atoms. The van der Waals surface area contributed by atoms with Gasteiger partial charge in [0.1, 0.15) is 12.2 Å². The fourth-order valence-electron chi connectivity index (χ4n) is 2.93. The number of hydrogen-bond acceptors (Lipinski definition) is 3. The Labute approximate surface area is 125 Å². The lowest BCUT2D eigenvalue weighted by molar-refractivity contribution is -0.130. The van der Waals surface area contributed by atoms with Crippen molar-refractivity contribution in [3.05, 3.63) is 30.1 Å². The van der Waals surface area contributed by atoms with Crippen LogP contribution in [0.3, 0.4) is 0 Å². The molecule has 1 aliphatic rings. The van der Waals surface area contributed by atoms with Crippen molar-refractivity contribution >= 4 is 16.9 Å². The van der Waals surface area contributed by atoms with Crippen LogP contribution in [0.4, 0.5) is 0 Å². The molecule has 0 saturated carbocycles. The summed E-state index contributed by atoms with van der Waals surface area (Å²) < 4.78 is 1.99. The third-order valence-electron chi connectivity index (χ3n) is 4.05. The molecule has 1 amide bonds. The minimum atomic E-state index is 0.199. The van der Waals surface area contributed by atoms with E-state index in [2.05, 4.69) is 29.5 Å². The summed E-state index contributed by atoms with van der Waals surface area (Å²) in [5.41, 5.74) is 2.10. The maximum Gasteiger partial charge on any atom is 0.242 e. The van der Waals surface area contributed by atoms with E-state index in [1.807, 2.05) is 15.5 Å². The molecule has 0 spiro atoms. The van der Waals surface area contributed by atoms with Crippen molar-refractivity contribution in [2.75, 3.05) is 19.6 Å². The number of hydrogen-bond donors (Lipinski definition) is 1. The Morgan fingerprint density at radius 1 is 1.38 bits per heavy atom. The second-order valence-corrected chi connectivity index (χ2v) is 5.53. The fourth-order valence-corrected chi connectivity index (χ4v) is 2.93. The number of amides is 1. The minimum absolute atomic E-state index is 0.199. The Morgan fingerprint density at radius 3 is 2.95 bits per heavy atom. The zero-order valence-electron chi connectivity index (χ0n) is 12.5. The summed E-state index contributed by atoms with van der Waals surface area (Å²) in [5, 5.41) is 4.47. The summed E-state index contributed by atoms with van der Waals surface area (Å²) in [5.74, 6) is 0.199. The second-order valence-electron chi connectivity index (χ2n) is 5.53. The summed E-state index contributed by atoms with van der Waals surface area (Å²) in [6.45, 7) is 6.02. The van der Waals surface area contributed by atoms with Crippen LogP contribution in [0.1, 0.15) is 25.3 Å². The SMILES string of the molecule is CCNCc1cn(CC(=O)N2CCCC2)c2ncccc12. The van der Waals surface area contributed by atoms with E-state index in [4.69, 9.17) is 0 Å². The van der Waals surface area contributed by atoms with Crippen molar-refractivity contribution in [3.8, 4) is 0 Å². The molecule has 0 aliphatic carbocycles. The molecule has 1 fully saturated rings. The van der Waals surface area contributed by atoms with Crippen molar-refractivity contribution < 1.29 is 4.79 Å². The van der Waals surface area contributed by atoms with Gasteiger partial charge in [-0.05, 0) is 37.1 Å². The van der Waals surface area contributed by atoms with Crippen LogP contribution in [0.5, 0.6) is 0 Å². The van der Waals surface area contributed by atoms with Crippen molar-refractivity contribution in [1.82, 2.24) is 19.8 Å². The number of fused-ring (bicyclic) bond motifs is 1. The maximum absolute atomic E-state index is 12.3. The Balaban J connectivity index is 1.85. The Bertz CT molecular complexity index is 628. The van der Waals surface area contributed by atoms with E-state index in [9.17, 15) is 4.79 Å². The first-order valence-electron chi connectivity index (χ1n) is 7.71. The lowest BCUT2D eigenvalue weighted by Crippen LogP contribution is -2.30. The molecule has 0 bridgehead atoms. The predicted octanol–water partition coefficient (Wildman–Crippen LogP) is 1.77. The molecule has 3 rings (SSSR count). The number of rotatable bonds is 5. The van der Waals surface area contributed by atoms with Gasteiger partial charge >= 0.3 is 0 Å². The van der Waals surface area contributed by atoms with Crippen LogP contribution in [0.15, 0.2) is 24.5 Å². The third kappa shape index (κ3) is 2.93. The average Bonchev–Trinajstić information content (AvgIpc) is 3.14. The van der Waals surface area contributed by atoms with Crippen molar-refractivity contribution in [1.29, 1.82) is 0 Å². The topological polar surface area (TPSA) is 50.2 Å². The van der Waals surface area contributed by atoms with E-state index in [-0.39, 0.29) is 5.91 Å². The van der Waals surface area contributed by atoms with Gasteiger partial charge in [0.2, 0.25) is 5.91 Å². The summed E-state index contributed by atoms with van der Waals surface area (Å²) in [7, 11) is 0. The molecule has 0 aromatic carbocycles. The third-order valence-corrected chi connectivity index (χ3v) is 4.05. The minimum Gasteiger partial charge on any atom is -0.341 e. The Kier molecular flexibility index (Phi) is 4.20. The number of carbonyl (C=O) groups is 1. The van der Waals surface area contributed by atoms with E-state index in [0.717, 1.165) is 50.1 Å². The first-order valence-corrected chi connectivity index (χ1v) is 7.71. The highest BCUT2D eigenvalue weighted by atomic mass is 16.2. The molecule has 112 valence electrons. The lowest BCUT2D eigenvalue weighted by Gasteiger charge is -2.15. The molecule has 5 heteroatoms. The van der Waals surface area contributed by atoms with Gasteiger partial charge in [0.15, 0.2) is 0 Å². The van der Waals surface area contributed by atoms with Crippen LogP contribution in [0.2, 0.25) is 0 Å². The van der Waals surface area contributed by atoms with Crippen molar-refractivity contribution in [2.45, 2.75) is 32.9 Å². The van der Waals surface area contributed by atoms with Crippen LogP contribution in [-0.4, -0.2) is 40.0 Å². The molecule has 0 unspecified atom stereocenters. The second kappa shape index (κ2) is 6.26. The molecule has 3 heterocycles. The van der Waals surface area contributed by atoms with Gasteiger partial charge in [-0.25, -0.2) is 4.98 Å². The van der Waals surface area contributed by atoms with Gasteiger partial charge in [0, 0.05) is 37.4 Å². The number of carbonyl (C=O) groups excluding carboxylic acids is 1. The van der Waals surface area contributed by atoms with E-state index >= 15 is 0 Å². The maximum atomic E-state index is 12.3. The number of pyridine rings is 1. The molecule has 0 atom stereocenters. The Hall–Kier alpha value is -1.88. The quantitative estimate of drug-likeness (QED) is 0.911. The zero-order chi connectivity index (χ0) is 14.7. The Morgan fingerprint density at radius 2 is 2.19 bits per heavy atom. The fraction of sp³-hybridized carbons (Fsp3) is 0.500. The average molecular weight is 286 g/mol. The number of nitrogens with one attached hydrogen (secondary N) is 1. The smallest absolute Gasteiger partial charge is 0.242 e. The van der Waals surface area contributed by atoms with Gasteiger partial charge in [0.05, 0.1) is 0 Å². The van der Waals surface area contributed by atoms with Crippen molar-refractivity contribution in [2.24, 2.45) is 0 Å². The van der Waals surface area contributed by atoms with Crippen molar-refractivity contribution in [3.63, 3.8) is 0 Å². The van der Waals surface area contributed by atoms with Gasteiger partial charge < -0.3 is 14.8 Å². The van der Waals surface area contributed by atoms with E-state index in [1.165, 1.54) is 5.56 Å². The predicted molar refractivity (Wildman–Crippen MR) is 82.9 cm³/mol. The molecule has 1 aliphatic heterocycles. The van der Waals surface area contributed by atoms with Gasteiger partial charge in [-0.1, -0.05) is 6.92 Å². The number of aromatic nitrogens is 2. The van der Waals surface area contributed by atoms with Crippen LogP contribution in [0.25, 0.3) is 11.0 Å². The highest BCUT2D eigenvalue weighted by molar-refractivity contribution is 5.83. The normalized spacial score (nSPS) is 15.0. The van der Waals surface area contributed by atoms with E-state index < -0.39 is 0 Å². The standard InChI is InChI=1S/C16H22N4O/c1-2-17-10-13-11-20(16-14(13)6-5-7-18-16)12-15(21)19-8-3-4-9-19/h5-7,11,17H,2-4,8-10,12H2,1H3. The van der Waals surface area contributed by atoms with Crippen LogP contribution >= 0.6 is 0 Å². The first-order chi connectivity index (χ1) is 10.3. The van der Waals surface area contributed by atoms with Crippen LogP contribution in [0, 0.1) is 0 Å². The van der Waals surface area contributed by atoms with Gasteiger partial charge in [-0.15, -0.1) is 0 Å². The van der Waals surface area contributed by atoms with E-state index in [0.29, 0.717) is 6.54 Å². The highest BCUT2D eigenvalue weighted by Gasteiger charge is 2.19. The molecule has 1 N–H and O–H groups in total. The lowest BCUT2D eigenvalue weighted by atomic mass is 10.2. The summed E-state index contributed by atoms with van der Waals surface area (Å²) in [6.07, 6.45) is 6.11. The van der Waals surface area contributed by atoms with Gasteiger partial charge in [0.25, 0.3) is 0 Å². The number of likely N-dealkylation sites (tertiary alicyclic amines) is 1. The van der Waals surface area contributed by atoms with Gasteiger partial charge in [-0.3, -0.25) is 4.79 Å². The first kappa shape index (κ1) is 14.1. The largest absolute Gasteiger partial charge is 0.341 e. The molecule has 0 radical (unpaired) electrons. The molecule has 2 aromatic heterocycles. The molecule has 1 saturated heterocycles. The van der Waals surface area contributed by atoms with Gasteiger partial charge in [-0.2, -0.15) is 0 Å².